The molecule has 7 nitrogen and oxygen atoms in total. The van der Waals surface area contributed by atoms with Gasteiger partial charge < -0.3 is 4.74 Å². The van der Waals surface area contributed by atoms with Crippen molar-refractivity contribution in [1.29, 1.82) is 0 Å². The minimum atomic E-state index is -0.322. The molecule has 0 saturated carbocycles. The zero-order valence-electron chi connectivity index (χ0n) is 15.8. The number of esters is 1. The number of nitrogens with zero attached hydrogens (tertiary/aromatic N) is 5. The van der Waals surface area contributed by atoms with Crippen LogP contribution >= 0.6 is 22.7 Å². The SMILES string of the molecule is CCCn1nnnc1COC(=O)Cc1sc(-c2ccccc2)nc1-c1cccs1. The summed E-state index contributed by atoms with van der Waals surface area (Å²) in [5.74, 6) is 0.227. The molecule has 29 heavy (non-hydrogen) atoms. The molecule has 4 rings (SSSR count). The third-order valence-electron chi connectivity index (χ3n) is 4.18. The van der Waals surface area contributed by atoms with Crippen molar-refractivity contribution in [3.05, 3.63) is 58.5 Å². The molecule has 0 saturated heterocycles. The lowest BCUT2D eigenvalue weighted by Crippen LogP contribution is -2.12. The number of thiazole rings is 1. The topological polar surface area (TPSA) is 82.8 Å². The van der Waals surface area contributed by atoms with E-state index in [-0.39, 0.29) is 19.0 Å². The van der Waals surface area contributed by atoms with Crippen LogP contribution in [0.1, 0.15) is 24.0 Å². The van der Waals surface area contributed by atoms with E-state index < -0.39 is 0 Å². The fraction of sp³-hybridized carbons (Fsp3) is 0.250. The van der Waals surface area contributed by atoms with E-state index >= 15 is 0 Å². The van der Waals surface area contributed by atoms with Crippen molar-refractivity contribution in [2.45, 2.75) is 32.9 Å². The molecular formula is C20H19N5O2S2. The molecule has 0 amide bonds. The van der Waals surface area contributed by atoms with Gasteiger partial charge in [0.2, 0.25) is 0 Å². The van der Waals surface area contributed by atoms with Gasteiger partial charge in [0, 0.05) is 17.0 Å². The largest absolute Gasteiger partial charge is 0.457 e. The summed E-state index contributed by atoms with van der Waals surface area (Å²) in [7, 11) is 0. The first kappa shape index (κ1) is 19.4. The quantitative estimate of drug-likeness (QED) is 0.393. The molecule has 0 N–H and O–H groups in total. The first-order chi connectivity index (χ1) is 14.2. The van der Waals surface area contributed by atoms with Crippen molar-refractivity contribution in [3.63, 3.8) is 0 Å². The van der Waals surface area contributed by atoms with Crippen molar-refractivity contribution >= 4 is 28.6 Å². The molecule has 4 aromatic rings. The number of carbonyl (C=O) groups is 1. The third kappa shape index (κ3) is 4.57. The molecule has 0 unspecified atom stereocenters. The number of ether oxygens (including phenoxy) is 1. The average molecular weight is 426 g/mol. The first-order valence-electron chi connectivity index (χ1n) is 9.24. The number of carbonyl (C=O) groups excluding carboxylic acids is 1. The Morgan fingerprint density at radius 2 is 2.03 bits per heavy atom. The average Bonchev–Trinajstić information content (AvgIpc) is 3.48. The molecule has 3 heterocycles. The van der Waals surface area contributed by atoms with Crippen molar-refractivity contribution in [2.75, 3.05) is 0 Å². The van der Waals surface area contributed by atoms with Gasteiger partial charge in [0.1, 0.15) is 5.01 Å². The smallest absolute Gasteiger partial charge is 0.311 e. The summed E-state index contributed by atoms with van der Waals surface area (Å²) in [6, 6.07) is 14.0. The van der Waals surface area contributed by atoms with Crippen LogP contribution in [0.5, 0.6) is 0 Å². The van der Waals surface area contributed by atoms with Gasteiger partial charge in [-0.15, -0.1) is 27.8 Å². The van der Waals surface area contributed by atoms with Crippen molar-refractivity contribution in [1.82, 2.24) is 25.2 Å². The molecule has 0 atom stereocenters. The van der Waals surface area contributed by atoms with Crippen LogP contribution in [0.2, 0.25) is 0 Å². The Hall–Kier alpha value is -2.91. The summed E-state index contributed by atoms with van der Waals surface area (Å²) in [4.78, 5) is 19.3. The monoisotopic (exact) mass is 425 g/mol. The molecule has 3 aromatic heterocycles. The highest BCUT2D eigenvalue weighted by atomic mass is 32.1. The second-order valence-corrected chi connectivity index (χ2v) is 8.32. The van der Waals surface area contributed by atoms with E-state index in [1.807, 2.05) is 54.8 Å². The van der Waals surface area contributed by atoms with Gasteiger partial charge in [0.25, 0.3) is 0 Å². The standard InChI is InChI=1S/C20H19N5O2S2/c1-2-10-25-17(22-23-24-25)13-27-18(26)12-16-19(15-9-6-11-28-15)21-20(29-16)14-7-4-3-5-8-14/h3-9,11H,2,10,12-13H2,1H3. The van der Waals surface area contributed by atoms with Crippen molar-refractivity contribution < 1.29 is 9.53 Å². The molecule has 0 radical (unpaired) electrons. The fourth-order valence-electron chi connectivity index (χ4n) is 2.82. The predicted octanol–water partition coefficient (Wildman–Crippen LogP) is 4.22. The van der Waals surface area contributed by atoms with Gasteiger partial charge >= 0.3 is 5.97 Å². The Morgan fingerprint density at radius 1 is 1.17 bits per heavy atom. The highest BCUT2D eigenvalue weighted by molar-refractivity contribution is 7.17. The maximum Gasteiger partial charge on any atom is 0.311 e. The lowest BCUT2D eigenvalue weighted by Gasteiger charge is -2.05. The lowest BCUT2D eigenvalue weighted by atomic mass is 10.2. The van der Waals surface area contributed by atoms with Gasteiger partial charge in [-0.3, -0.25) is 4.79 Å². The van der Waals surface area contributed by atoms with Gasteiger partial charge in [-0.25, -0.2) is 9.67 Å². The van der Waals surface area contributed by atoms with Crippen LogP contribution in [-0.4, -0.2) is 31.2 Å². The maximum atomic E-state index is 12.5. The molecular weight excluding hydrogens is 406 g/mol. The van der Waals surface area contributed by atoms with E-state index in [2.05, 4.69) is 15.5 Å². The highest BCUT2D eigenvalue weighted by Crippen LogP contribution is 2.36. The first-order valence-corrected chi connectivity index (χ1v) is 10.9. The number of thiophene rings is 1. The Labute approximate surface area is 176 Å². The maximum absolute atomic E-state index is 12.5. The number of aryl methyl sites for hydroxylation is 1. The second-order valence-electron chi connectivity index (χ2n) is 6.29. The van der Waals surface area contributed by atoms with Crippen LogP contribution in [0.25, 0.3) is 21.1 Å². The van der Waals surface area contributed by atoms with E-state index in [9.17, 15) is 4.79 Å². The lowest BCUT2D eigenvalue weighted by molar-refractivity contribution is -0.144. The summed E-state index contributed by atoms with van der Waals surface area (Å²) in [6.45, 7) is 2.79. The van der Waals surface area contributed by atoms with Crippen molar-refractivity contribution in [3.8, 4) is 21.1 Å². The van der Waals surface area contributed by atoms with Gasteiger partial charge in [-0.2, -0.15) is 0 Å². The van der Waals surface area contributed by atoms with E-state index in [0.29, 0.717) is 12.4 Å². The van der Waals surface area contributed by atoms with Gasteiger partial charge in [0.05, 0.1) is 17.0 Å². The zero-order chi connectivity index (χ0) is 20.1. The van der Waals surface area contributed by atoms with Gasteiger partial charge in [0.15, 0.2) is 12.4 Å². The van der Waals surface area contributed by atoms with Crippen LogP contribution in [0.15, 0.2) is 47.8 Å². The zero-order valence-corrected chi connectivity index (χ0v) is 17.4. The molecule has 148 valence electrons. The summed E-state index contributed by atoms with van der Waals surface area (Å²) >= 11 is 3.13. The minimum absolute atomic E-state index is 0.0600. The van der Waals surface area contributed by atoms with Crippen LogP contribution < -0.4 is 0 Å². The van der Waals surface area contributed by atoms with Gasteiger partial charge in [-0.1, -0.05) is 43.3 Å². The summed E-state index contributed by atoms with van der Waals surface area (Å²) < 4.78 is 7.10. The molecule has 0 bridgehead atoms. The number of benzene rings is 1. The molecule has 0 spiro atoms. The molecule has 0 fully saturated rings. The summed E-state index contributed by atoms with van der Waals surface area (Å²) in [5, 5.41) is 14.4. The number of rotatable bonds is 8. The Kier molecular flexibility index (Phi) is 6.06. The van der Waals surface area contributed by atoms with Crippen LogP contribution in [0.4, 0.5) is 0 Å². The fourth-order valence-corrected chi connectivity index (χ4v) is 4.69. The van der Waals surface area contributed by atoms with E-state index in [4.69, 9.17) is 9.72 Å². The van der Waals surface area contributed by atoms with E-state index in [1.165, 1.54) is 11.3 Å². The Balaban J connectivity index is 1.52. The Morgan fingerprint density at radius 3 is 2.79 bits per heavy atom. The number of tetrazole rings is 1. The molecule has 0 aliphatic rings. The van der Waals surface area contributed by atoms with Crippen LogP contribution in [0.3, 0.4) is 0 Å². The summed E-state index contributed by atoms with van der Waals surface area (Å²) in [6.07, 6.45) is 1.06. The van der Waals surface area contributed by atoms with Crippen LogP contribution in [0, 0.1) is 0 Å². The van der Waals surface area contributed by atoms with E-state index in [1.54, 1.807) is 16.0 Å². The number of hydrogen-bond acceptors (Lipinski definition) is 8. The molecule has 9 heteroatoms. The predicted molar refractivity (Wildman–Crippen MR) is 112 cm³/mol. The number of aromatic nitrogens is 5. The molecule has 1 aromatic carbocycles. The number of hydrogen-bond donors (Lipinski definition) is 0. The molecule has 0 aliphatic heterocycles. The normalized spacial score (nSPS) is 10.9. The Bertz CT molecular complexity index is 1070. The van der Waals surface area contributed by atoms with Gasteiger partial charge in [-0.05, 0) is 28.3 Å². The van der Waals surface area contributed by atoms with Crippen molar-refractivity contribution in [2.24, 2.45) is 0 Å². The third-order valence-corrected chi connectivity index (χ3v) is 6.16. The van der Waals surface area contributed by atoms with Crippen LogP contribution in [-0.2, 0) is 29.1 Å². The highest BCUT2D eigenvalue weighted by Gasteiger charge is 2.19. The second kappa shape index (κ2) is 9.06. The van der Waals surface area contributed by atoms with E-state index in [0.717, 1.165) is 32.4 Å². The summed E-state index contributed by atoms with van der Waals surface area (Å²) in [5.41, 5.74) is 1.88. The molecule has 0 aliphatic carbocycles. The minimum Gasteiger partial charge on any atom is -0.457 e.